The Morgan fingerprint density at radius 2 is 2.00 bits per heavy atom. The minimum Gasteiger partial charge on any atom is -0.481 e. The Balaban J connectivity index is 1.80. The van der Waals surface area contributed by atoms with Crippen LogP contribution in [-0.2, 0) is 14.3 Å². The average molecular weight is 213 g/mol. The van der Waals surface area contributed by atoms with E-state index in [1.54, 1.807) is 4.90 Å². The molecule has 1 atom stereocenters. The van der Waals surface area contributed by atoms with E-state index in [1.165, 1.54) is 0 Å². The Morgan fingerprint density at radius 1 is 1.27 bits per heavy atom. The molecule has 2 rings (SSSR count). The number of aliphatic carboxylic acids is 1. The second kappa shape index (κ2) is 4.18. The molecule has 1 N–H and O–H groups in total. The van der Waals surface area contributed by atoms with Gasteiger partial charge in [0.25, 0.3) is 5.91 Å². The van der Waals surface area contributed by atoms with Crippen LogP contribution in [0.4, 0.5) is 0 Å². The maximum absolute atomic E-state index is 11.8. The number of amides is 1. The lowest BCUT2D eigenvalue weighted by molar-refractivity contribution is -0.160. The molecule has 0 radical (unpaired) electrons. The molecule has 0 spiro atoms. The molecule has 2 aliphatic rings. The summed E-state index contributed by atoms with van der Waals surface area (Å²) in [6.07, 6.45) is 2.48. The van der Waals surface area contributed by atoms with E-state index in [9.17, 15) is 9.59 Å². The quantitative estimate of drug-likeness (QED) is 0.706. The molecule has 84 valence electrons. The smallest absolute Gasteiger partial charge is 0.310 e. The van der Waals surface area contributed by atoms with E-state index < -0.39 is 5.97 Å². The van der Waals surface area contributed by atoms with Gasteiger partial charge in [-0.15, -0.1) is 0 Å². The number of hydrogen-bond acceptors (Lipinski definition) is 3. The molecule has 5 heteroatoms. The topological polar surface area (TPSA) is 66.8 Å². The first-order chi connectivity index (χ1) is 7.18. The molecule has 0 bridgehead atoms. The molecular weight excluding hydrogens is 198 g/mol. The number of hydrogen-bond donors (Lipinski definition) is 1. The molecule has 2 saturated heterocycles. The molecular formula is C10H15NO4. The van der Waals surface area contributed by atoms with Crippen LogP contribution in [0, 0.1) is 5.92 Å². The summed E-state index contributed by atoms with van der Waals surface area (Å²) in [5, 5.41) is 8.67. The fraction of sp³-hybridized carbons (Fsp3) is 0.800. The van der Waals surface area contributed by atoms with Crippen LogP contribution in [0.2, 0.25) is 0 Å². The van der Waals surface area contributed by atoms with Gasteiger partial charge >= 0.3 is 5.97 Å². The van der Waals surface area contributed by atoms with Crippen LogP contribution in [0.5, 0.6) is 0 Å². The van der Waals surface area contributed by atoms with Crippen LogP contribution < -0.4 is 0 Å². The largest absolute Gasteiger partial charge is 0.481 e. The van der Waals surface area contributed by atoms with Crippen molar-refractivity contribution < 1.29 is 19.4 Å². The van der Waals surface area contributed by atoms with Gasteiger partial charge < -0.3 is 14.7 Å². The van der Waals surface area contributed by atoms with Crippen LogP contribution in [0.3, 0.4) is 0 Å². The zero-order valence-corrected chi connectivity index (χ0v) is 8.52. The van der Waals surface area contributed by atoms with Crippen molar-refractivity contribution in [2.45, 2.75) is 25.4 Å². The number of rotatable bonds is 2. The van der Waals surface area contributed by atoms with E-state index in [0.717, 1.165) is 19.3 Å². The highest BCUT2D eigenvalue weighted by Gasteiger charge is 2.38. The van der Waals surface area contributed by atoms with Crippen LogP contribution in [0.25, 0.3) is 0 Å². The molecule has 15 heavy (non-hydrogen) atoms. The molecule has 0 aromatic rings. The lowest BCUT2D eigenvalue weighted by atomic mass is 9.98. The van der Waals surface area contributed by atoms with E-state index in [1.807, 2.05) is 0 Å². The molecule has 1 unspecified atom stereocenters. The van der Waals surface area contributed by atoms with Crippen LogP contribution in [-0.4, -0.2) is 47.7 Å². The summed E-state index contributed by atoms with van der Waals surface area (Å²) in [5.41, 5.74) is 0. The van der Waals surface area contributed by atoms with Gasteiger partial charge in [-0.3, -0.25) is 9.59 Å². The highest BCUT2D eigenvalue weighted by molar-refractivity contribution is 5.84. The van der Waals surface area contributed by atoms with E-state index >= 15 is 0 Å². The average Bonchev–Trinajstić information content (AvgIpc) is 2.16. The predicted molar refractivity (Wildman–Crippen MR) is 51.3 cm³/mol. The van der Waals surface area contributed by atoms with Gasteiger partial charge in [0.2, 0.25) is 0 Å². The number of carbonyl (C=O) groups is 2. The van der Waals surface area contributed by atoms with Crippen molar-refractivity contribution in [1.29, 1.82) is 0 Å². The second-order valence-electron chi connectivity index (χ2n) is 4.13. The Hall–Kier alpha value is -1.10. The van der Waals surface area contributed by atoms with Crippen molar-refractivity contribution in [2.75, 3.05) is 19.7 Å². The molecule has 0 aliphatic carbocycles. The summed E-state index contributed by atoms with van der Waals surface area (Å²) in [6.45, 7) is 1.33. The molecule has 0 aromatic carbocycles. The first-order valence-electron chi connectivity index (χ1n) is 5.31. The van der Waals surface area contributed by atoms with Crippen molar-refractivity contribution in [1.82, 2.24) is 4.90 Å². The number of likely N-dealkylation sites (tertiary alicyclic amines) is 1. The van der Waals surface area contributed by atoms with Crippen molar-refractivity contribution in [3.63, 3.8) is 0 Å². The highest BCUT2D eigenvalue weighted by atomic mass is 16.5. The summed E-state index contributed by atoms with van der Waals surface area (Å²) >= 11 is 0. The number of ether oxygens (including phenoxy) is 1. The predicted octanol–water partition coefficient (Wildman–Crippen LogP) is 0.0985. The maximum atomic E-state index is 11.8. The van der Waals surface area contributed by atoms with Crippen LogP contribution in [0.1, 0.15) is 19.3 Å². The molecule has 2 aliphatic heterocycles. The Morgan fingerprint density at radius 3 is 2.53 bits per heavy atom. The monoisotopic (exact) mass is 213 g/mol. The van der Waals surface area contributed by atoms with E-state index in [4.69, 9.17) is 9.84 Å². The maximum Gasteiger partial charge on any atom is 0.310 e. The van der Waals surface area contributed by atoms with Crippen molar-refractivity contribution in [3.8, 4) is 0 Å². The van der Waals surface area contributed by atoms with Crippen molar-refractivity contribution >= 4 is 11.9 Å². The van der Waals surface area contributed by atoms with Gasteiger partial charge in [-0.25, -0.2) is 0 Å². The third kappa shape index (κ3) is 2.12. The zero-order chi connectivity index (χ0) is 10.8. The van der Waals surface area contributed by atoms with Gasteiger partial charge in [0.05, 0.1) is 5.92 Å². The lowest BCUT2D eigenvalue weighted by Crippen LogP contribution is -2.56. The third-order valence-electron chi connectivity index (χ3n) is 3.00. The van der Waals surface area contributed by atoms with E-state index in [2.05, 4.69) is 0 Å². The summed E-state index contributed by atoms with van der Waals surface area (Å²) in [7, 11) is 0. The summed E-state index contributed by atoms with van der Waals surface area (Å²) in [6, 6.07) is 0. The van der Waals surface area contributed by atoms with Gasteiger partial charge in [0.1, 0.15) is 6.10 Å². The lowest BCUT2D eigenvalue weighted by Gasteiger charge is -2.39. The van der Waals surface area contributed by atoms with Gasteiger partial charge in [0, 0.05) is 19.7 Å². The Kier molecular flexibility index (Phi) is 2.90. The van der Waals surface area contributed by atoms with Gasteiger partial charge in [-0.1, -0.05) is 0 Å². The number of carbonyl (C=O) groups excluding carboxylic acids is 1. The standard InChI is InChI=1S/C10H15NO4/c12-9(8-3-1-2-4-15-8)11-5-7(6-11)10(13)14/h7-8H,1-6H2,(H,13,14). The van der Waals surface area contributed by atoms with Gasteiger partial charge in [-0.05, 0) is 19.3 Å². The van der Waals surface area contributed by atoms with Crippen molar-refractivity contribution in [3.05, 3.63) is 0 Å². The minimum atomic E-state index is -0.816. The van der Waals surface area contributed by atoms with Crippen molar-refractivity contribution in [2.24, 2.45) is 5.92 Å². The van der Waals surface area contributed by atoms with Crippen LogP contribution in [0.15, 0.2) is 0 Å². The molecule has 2 heterocycles. The SMILES string of the molecule is O=C(O)C1CN(C(=O)C2CCCCO2)C1. The minimum absolute atomic E-state index is 0.0350. The number of nitrogens with zero attached hydrogens (tertiary/aromatic N) is 1. The first-order valence-corrected chi connectivity index (χ1v) is 5.31. The number of carboxylic acid groups (broad SMARTS) is 1. The highest BCUT2D eigenvalue weighted by Crippen LogP contribution is 2.21. The normalized spacial score (nSPS) is 27.2. The fourth-order valence-corrected chi connectivity index (χ4v) is 1.95. The molecule has 5 nitrogen and oxygen atoms in total. The summed E-state index contributed by atoms with van der Waals surface area (Å²) in [4.78, 5) is 23.9. The van der Waals surface area contributed by atoms with E-state index in [-0.39, 0.29) is 17.9 Å². The number of carboxylic acids is 1. The molecule has 2 fully saturated rings. The molecule has 0 saturated carbocycles. The fourth-order valence-electron chi connectivity index (χ4n) is 1.95. The van der Waals surface area contributed by atoms with Crippen LogP contribution >= 0.6 is 0 Å². The zero-order valence-electron chi connectivity index (χ0n) is 8.52. The Labute approximate surface area is 88.0 Å². The van der Waals surface area contributed by atoms with E-state index in [0.29, 0.717) is 19.7 Å². The third-order valence-corrected chi connectivity index (χ3v) is 3.00. The summed E-state index contributed by atoms with van der Waals surface area (Å²) in [5.74, 6) is -1.23. The first kappa shape index (κ1) is 10.4. The Bertz CT molecular complexity index is 267. The van der Waals surface area contributed by atoms with Gasteiger partial charge in [-0.2, -0.15) is 0 Å². The summed E-state index contributed by atoms with van der Waals surface area (Å²) < 4.78 is 5.35. The second-order valence-corrected chi connectivity index (χ2v) is 4.13. The molecule has 0 aromatic heterocycles. The molecule has 1 amide bonds. The van der Waals surface area contributed by atoms with Gasteiger partial charge in [0.15, 0.2) is 0 Å².